The normalized spacial score (nSPS) is 12.6. The average Bonchev–Trinajstić information content (AvgIpc) is 1.98. The minimum absolute atomic E-state index is 0.0101. The fourth-order valence-corrected chi connectivity index (χ4v) is 0.954. The largest absolute Gasteiger partial charge is 0.264 e. The van der Waals surface area contributed by atoms with Gasteiger partial charge >= 0.3 is 0 Å². The standard InChI is InChI=1S/C8H15NO2/c1-4-7(3)8(5-2)6-9(10)11/h4-6H2,1-3H3/b8-7-. The van der Waals surface area contributed by atoms with E-state index in [4.69, 9.17) is 0 Å². The minimum Gasteiger partial charge on any atom is -0.264 e. The van der Waals surface area contributed by atoms with Crippen LogP contribution in [0, 0.1) is 10.1 Å². The average molecular weight is 157 g/mol. The minimum atomic E-state index is -0.266. The first kappa shape index (κ1) is 10.1. The molecule has 0 atom stereocenters. The number of rotatable bonds is 4. The van der Waals surface area contributed by atoms with Crippen LogP contribution < -0.4 is 0 Å². The first-order valence-corrected chi connectivity index (χ1v) is 3.91. The van der Waals surface area contributed by atoms with Gasteiger partial charge in [-0.1, -0.05) is 19.4 Å². The molecule has 0 fully saturated rings. The Morgan fingerprint density at radius 2 is 1.91 bits per heavy atom. The fraction of sp³-hybridized carbons (Fsp3) is 0.750. The Balaban J connectivity index is 4.26. The van der Waals surface area contributed by atoms with Crippen molar-refractivity contribution >= 4 is 0 Å². The molecule has 0 aromatic rings. The number of allylic oxidation sites excluding steroid dienone is 1. The van der Waals surface area contributed by atoms with E-state index in [0.717, 1.165) is 24.0 Å². The van der Waals surface area contributed by atoms with Gasteiger partial charge in [0.15, 0.2) is 0 Å². The van der Waals surface area contributed by atoms with Crippen molar-refractivity contribution in [2.75, 3.05) is 6.54 Å². The van der Waals surface area contributed by atoms with E-state index in [9.17, 15) is 10.1 Å². The van der Waals surface area contributed by atoms with Crippen LogP contribution in [-0.2, 0) is 0 Å². The second-order valence-corrected chi connectivity index (χ2v) is 2.58. The zero-order chi connectivity index (χ0) is 8.85. The van der Waals surface area contributed by atoms with Crippen LogP contribution in [-0.4, -0.2) is 11.5 Å². The van der Waals surface area contributed by atoms with Crippen LogP contribution in [0.5, 0.6) is 0 Å². The molecule has 0 saturated carbocycles. The Morgan fingerprint density at radius 1 is 1.36 bits per heavy atom. The van der Waals surface area contributed by atoms with Crippen molar-refractivity contribution in [1.82, 2.24) is 0 Å². The van der Waals surface area contributed by atoms with E-state index in [1.807, 2.05) is 20.8 Å². The lowest BCUT2D eigenvalue weighted by Gasteiger charge is -2.02. The maximum atomic E-state index is 10.2. The quantitative estimate of drug-likeness (QED) is 0.357. The molecule has 0 spiro atoms. The molecule has 3 heteroatoms. The number of hydrogen-bond acceptors (Lipinski definition) is 2. The van der Waals surface area contributed by atoms with Gasteiger partial charge in [-0.15, -0.1) is 0 Å². The fourth-order valence-electron chi connectivity index (χ4n) is 0.954. The highest BCUT2D eigenvalue weighted by Gasteiger charge is 2.05. The van der Waals surface area contributed by atoms with Gasteiger partial charge in [-0.2, -0.15) is 0 Å². The smallest absolute Gasteiger partial charge is 0.225 e. The molecule has 0 bridgehead atoms. The topological polar surface area (TPSA) is 43.1 Å². The summed E-state index contributed by atoms with van der Waals surface area (Å²) in [7, 11) is 0. The lowest BCUT2D eigenvalue weighted by Crippen LogP contribution is -2.05. The van der Waals surface area contributed by atoms with E-state index in [1.165, 1.54) is 0 Å². The lowest BCUT2D eigenvalue weighted by atomic mass is 10.1. The molecule has 0 N–H and O–H groups in total. The Kier molecular flexibility index (Phi) is 4.50. The number of nitro groups is 1. The van der Waals surface area contributed by atoms with E-state index in [-0.39, 0.29) is 11.5 Å². The third kappa shape index (κ3) is 3.75. The van der Waals surface area contributed by atoms with Gasteiger partial charge in [0.1, 0.15) is 0 Å². The van der Waals surface area contributed by atoms with Gasteiger partial charge < -0.3 is 0 Å². The molecule has 0 aliphatic rings. The number of nitrogens with zero attached hydrogens (tertiary/aromatic N) is 1. The molecule has 0 aliphatic heterocycles. The summed E-state index contributed by atoms with van der Waals surface area (Å²) in [5, 5.41) is 10.2. The van der Waals surface area contributed by atoms with Crippen molar-refractivity contribution in [3.63, 3.8) is 0 Å². The van der Waals surface area contributed by atoms with Gasteiger partial charge in [-0.3, -0.25) is 10.1 Å². The van der Waals surface area contributed by atoms with Crippen LogP contribution in [0.2, 0.25) is 0 Å². The monoisotopic (exact) mass is 157 g/mol. The van der Waals surface area contributed by atoms with E-state index in [1.54, 1.807) is 0 Å². The van der Waals surface area contributed by atoms with Gasteiger partial charge in [-0.05, 0) is 25.3 Å². The molecule has 0 aromatic carbocycles. The molecule has 0 saturated heterocycles. The zero-order valence-electron chi connectivity index (χ0n) is 7.39. The van der Waals surface area contributed by atoms with Crippen LogP contribution in [0.15, 0.2) is 11.1 Å². The molecule has 0 unspecified atom stereocenters. The van der Waals surface area contributed by atoms with Crippen LogP contribution in [0.4, 0.5) is 0 Å². The Morgan fingerprint density at radius 3 is 2.18 bits per heavy atom. The van der Waals surface area contributed by atoms with E-state index >= 15 is 0 Å². The Labute approximate surface area is 67.3 Å². The molecule has 3 nitrogen and oxygen atoms in total. The van der Waals surface area contributed by atoms with Crippen LogP contribution in [0.1, 0.15) is 33.6 Å². The van der Waals surface area contributed by atoms with Crippen molar-refractivity contribution in [3.8, 4) is 0 Å². The summed E-state index contributed by atoms with van der Waals surface area (Å²) in [6.45, 7) is 5.95. The summed E-state index contributed by atoms with van der Waals surface area (Å²) in [6.07, 6.45) is 1.71. The maximum absolute atomic E-state index is 10.2. The summed E-state index contributed by atoms with van der Waals surface area (Å²) in [5.74, 6) is 0. The third-order valence-electron chi connectivity index (χ3n) is 1.88. The van der Waals surface area contributed by atoms with Crippen molar-refractivity contribution in [2.24, 2.45) is 0 Å². The lowest BCUT2D eigenvalue weighted by molar-refractivity contribution is -0.471. The highest BCUT2D eigenvalue weighted by molar-refractivity contribution is 5.11. The highest BCUT2D eigenvalue weighted by atomic mass is 16.6. The second-order valence-electron chi connectivity index (χ2n) is 2.58. The van der Waals surface area contributed by atoms with E-state index < -0.39 is 0 Å². The van der Waals surface area contributed by atoms with Gasteiger partial charge in [0.05, 0.1) is 0 Å². The van der Waals surface area contributed by atoms with Gasteiger partial charge in [0, 0.05) is 4.92 Å². The predicted molar refractivity (Wildman–Crippen MR) is 45.1 cm³/mol. The molecule has 11 heavy (non-hydrogen) atoms. The van der Waals surface area contributed by atoms with Crippen molar-refractivity contribution in [2.45, 2.75) is 33.6 Å². The molecule has 0 aliphatic carbocycles. The molecule has 0 radical (unpaired) electrons. The molecular weight excluding hydrogens is 142 g/mol. The van der Waals surface area contributed by atoms with Gasteiger partial charge in [0.2, 0.25) is 6.54 Å². The SMILES string of the molecule is CC/C(C)=C(/CC)C[N+](=O)[O-]. The van der Waals surface area contributed by atoms with Gasteiger partial charge in [0.25, 0.3) is 0 Å². The first-order chi connectivity index (χ1) is 5.11. The summed E-state index contributed by atoms with van der Waals surface area (Å²) in [4.78, 5) is 9.89. The van der Waals surface area contributed by atoms with Crippen molar-refractivity contribution in [3.05, 3.63) is 21.3 Å². The third-order valence-corrected chi connectivity index (χ3v) is 1.88. The summed E-state index contributed by atoms with van der Waals surface area (Å²) < 4.78 is 0. The van der Waals surface area contributed by atoms with Crippen molar-refractivity contribution < 1.29 is 4.92 Å². The predicted octanol–water partition coefficient (Wildman–Crippen LogP) is 2.40. The van der Waals surface area contributed by atoms with Crippen LogP contribution in [0.3, 0.4) is 0 Å². The summed E-state index contributed by atoms with van der Waals surface area (Å²) in [5.41, 5.74) is 2.13. The molecule has 0 amide bonds. The molecule has 0 heterocycles. The maximum Gasteiger partial charge on any atom is 0.225 e. The van der Waals surface area contributed by atoms with Crippen LogP contribution >= 0.6 is 0 Å². The first-order valence-electron chi connectivity index (χ1n) is 3.91. The Hall–Kier alpha value is -0.860. The zero-order valence-corrected chi connectivity index (χ0v) is 7.39. The van der Waals surface area contributed by atoms with Crippen molar-refractivity contribution in [1.29, 1.82) is 0 Å². The van der Waals surface area contributed by atoms with E-state index in [0.29, 0.717) is 0 Å². The molecule has 0 rings (SSSR count). The summed E-state index contributed by atoms with van der Waals surface area (Å²) in [6, 6.07) is 0. The van der Waals surface area contributed by atoms with E-state index in [2.05, 4.69) is 0 Å². The van der Waals surface area contributed by atoms with Crippen LogP contribution in [0.25, 0.3) is 0 Å². The summed E-state index contributed by atoms with van der Waals surface area (Å²) >= 11 is 0. The second kappa shape index (κ2) is 4.88. The molecule has 0 aromatic heterocycles. The van der Waals surface area contributed by atoms with Gasteiger partial charge in [-0.25, -0.2) is 0 Å². The Bertz CT molecular complexity index is 173. The molecule has 64 valence electrons. The number of hydrogen-bond donors (Lipinski definition) is 0. The molecular formula is C8H15NO2. The highest BCUT2D eigenvalue weighted by Crippen LogP contribution is 2.11.